The van der Waals surface area contributed by atoms with Crippen LogP contribution in [0.1, 0.15) is 46.4 Å². The van der Waals surface area contributed by atoms with Gasteiger partial charge in [0, 0.05) is 11.3 Å². The summed E-state index contributed by atoms with van der Waals surface area (Å²) >= 11 is 1.57. The average Bonchev–Trinajstić information content (AvgIpc) is 2.75. The maximum Gasteiger partial charge on any atom is 0.177 e. The van der Waals surface area contributed by atoms with Gasteiger partial charge in [-0.05, 0) is 35.6 Å². The first-order valence-corrected chi connectivity index (χ1v) is 7.37. The molecule has 0 radical (unpaired) electrons. The molecule has 0 amide bonds. The summed E-state index contributed by atoms with van der Waals surface area (Å²) in [5.74, 6) is 0.210. The maximum atomic E-state index is 12.1. The van der Waals surface area contributed by atoms with Crippen molar-refractivity contribution in [3.63, 3.8) is 0 Å². The van der Waals surface area contributed by atoms with Gasteiger partial charge in [-0.25, -0.2) is 0 Å². The Morgan fingerprint density at radius 3 is 2.16 bits per heavy atom. The molecule has 0 spiro atoms. The molecule has 1 nitrogen and oxygen atoms in total. The number of hydrogen-bond acceptors (Lipinski definition) is 2. The first kappa shape index (κ1) is 14.0. The van der Waals surface area contributed by atoms with Gasteiger partial charge in [0.25, 0.3) is 0 Å². The summed E-state index contributed by atoms with van der Waals surface area (Å²) in [5.41, 5.74) is 2.55. The van der Waals surface area contributed by atoms with E-state index in [1.165, 1.54) is 10.4 Å². The van der Waals surface area contributed by atoms with Crippen molar-refractivity contribution in [3.05, 3.63) is 57.3 Å². The normalized spacial score (nSPS) is 11.6. The second-order valence-corrected chi connectivity index (χ2v) is 7.25. The average molecular weight is 272 g/mol. The van der Waals surface area contributed by atoms with E-state index in [1.807, 2.05) is 19.1 Å². The van der Waals surface area contributed by atoms with Gasteiger partial charge in [0.2, 0.25) is 0 Å². The zero-order valence-corrected chi connectivity index (χ0v) is 12.8. The number of hydrogen-bond donors (Lipinski definition) is 0. The van der Waals surface area contributed by atoms with Gasteiger partial charge in [-0.15, -0.1) is 11.3 Å². The zero-order valence-electron chi connectivity index (χ0n) is 12.0. The molecule has 0 fully saturated rings. The van der Waals surface area contributed by atoms with E-state index in [0.29, 0.717) is 6.42 Å². The van der Waals surface area contributed by atoms with Crippen LogP contribution in [0, 0.1) is 6.92 Å². The van der Waals surface area contributed by atoms with Crippen molar-refractivity contribution in [2.45, 2.75) is 39.5 Å². The summed E-state index contributed by atoms with van der Waals surface area (Å²) in [7, 11) is 0. The molecule has 2 rings (SSSR count). The first-order valence-electron chi connectivity index (χ1n) is 6.55. The lowest BCUT2D eigenvalue weighted by Gasteiger charge is -2.19. The number of Topliss-reactive ketones (excluding diaryl/α,β-unsaturated/α-hetero) is 1. The highest BCUT2D eigenvalue weighted by molar-refractivity contribution is 7.14. The van der Waals surface area contributed by atoms with Crippen molar-refractivity contribution >= 4 is 17.1 Å². The van der Waals surface area contributed by atoms with Gasteiger partial charge in [-0.2, -0.15) is 0 Å². The Morgan fingerprint density at radius 1 is 1.05 bits per heavy atom. The standard InChI is InChI=1S/C17H20OS/c1-12-5-10-16(19-12)15(18)11-13-6-8-14(9-7-13)17(2,3)4/h5-10H,11H2,1-4H3. The molecular weight excluding hydrogens is 252 g/mol. The summed E-state index contributed by atoms with van der Waals surface area (Å²) in [4.78, 5) is 14.2. The van der Waals surface area contributed by atoms with E-state index >= 15 is 0 Å². The molecule has 0 aliphatic rings. The van der Waals surface area contributed by atoms with E-state index in [-0.39, 0.29) is 11.2 Å². The second kappa shape index (κ2) is 5.30. The Balaban J connectivity index is 2.10. The molecule has 0 bridgehead atoms. The first-order chi connectivity index (χ1) is 8.86. The minimum atomic E-state index is 0.160. The molecule has 0 aliphatic carbocycles. The molecule has 0 unspecified atom stereocenters. The minimum absolute atomic E-state index is 0.160. The van der Waals surface area contributed by atoms with Gasteiger partial charge in [0.15, 0.2) is 5.78 Å². The number of carbonyl (C=O) groups is 1. The third-order valence-corrected chi connectivity index (χ3v) is 4.24. The largest absolute Gasteiger partial charge is 0.293 e. The van der Waals surface area contributed by atoms with Gasteiger partial charge in [-0.1, -0.05) is 45.0 Å². The van der Waals surface area contributed by atoms with Crippen LogP contribution in [0.3, 0.4) is 0 Å². The van der Waals surface area contributed by atoms with Gasteiger partial charge in [-0.3, -0.25) is 4.79 Å². The van der Waals surface area contributed by atoms with Crippen LogP contribution >= 0.6 is 11.3 Å². The molecule has 1 heterocycles. The lowest BCUT2D eigenvalue weighted by atomic mass is 9.86. The Kier molecular flexibility index (Phi) is 3.91. The number of carbonyl (C=O) groups excluding carboxylic acids is 1. The molecule has 0 N–H and O–H groups in total. The predicted molar refractivity (Wildman–Crippen MR) is 82.2 cm³/mol. The molecule has 0 aliphatic heterocycles. The van der Waals surface area contributed by atoms with E-state index in [4.69, 9.17) is 0 Å². The predicted octanol–water partition coefficient (Wildman–Crippen LogP) is 4.78. The van der Waals surface area contributed by atoms with Gasteiger partial charge in [0.1, 0.15) is 0 Å². The summed E-state index contributed by atoms with van der Waals surface area (Å²) in [6.45, 7) is 8.62. The lowest BCUT2D eigenvalue weighted by Crippen LogP contribution is -2.11. The van der Waals surface area contributed by atoms with Crippen LogP contribution < -0.4 is 0 Å². The van der Waals surface area contributed by atoms with E-state index < -0.39 is 0 Å². The SMILES string of the molecule is Cc1ccc(C(=O)Cc2ccc(C(C)(C)C)cc2)s1. The van der Waals surface area contributed by atoms with Crippen LogP contribution in [-0.2, 0) is 11.8 Å². The van der Waals surface area contributed by atoms with Crippen molar-refractivity contribution in [2.75, 3.05) is 0 Å². The van der Waals surface area contributed by atoms with Gasteiger partial charge in [0.05, 0.1) is 4.88 Å². The smallest absolute Gasteiger partial charge is 0.177 e. The number of aryl methyl sites for hydroxylation is 1. The fourth-order valence-corrected chi connectivity index (χ4v) is 2.78. The fourth-order valence-electron chi connectivity index (χ4n) is 1.98. The van der Waals surface area contributed by atoms with Crippen molar-refractivity contribution in [2.24, 2.45) is 0 Å². The molecule has 0 saturated heterocycles. The monoisotopic (exact) mass is 272 g/mol. The Morgan fingerprint density at radius 2 is 1.68 bits per heavy atom. The molecule has 100 valence electrons. The third-order valence-electron chi connectivity index (χ3n) is 3.20. The quantitative estimate of drug-likeness (QED) is 0.735. The van der Waals surface area contributed by atoms with Crippen LogP contribution in [0.4, 0.5) is 0 Å². The van der Waals surface area contributed by atoms with Crippen molar-refractivity contribution in [1.82, 2.24) is 0 Å². The molecule has 0 atom stereocenters. The maximum absolute atomic E-state index is 12.1. The van der Waals surface area contributed by atoms with Crippen molar-refractivity contribution < 1.29 is 4.79 Å². The highest BCUT2D eigenvalue weighted by atomic mass is 32.1. The Labute approximate surface area is 119 Å². The number of ketones is 1. The topological polar surface area (TPSA) is 17.1 Å². The summed E-state index contributed by atoms with van der Waals surface area (Å²) in [6.07, 6.45) is 0.490. The number of benzene rings is 1. The lowest BCUT2D eigenvalue weighted by molar-refractivity contribution is 0.0997. The van der Waals surface area contributed by atoms with Crippen LogP contribution in [-0.4, -0.2) is 5.78 Å². The molecular formula is C17H20OS. The van der Waals surface area contributed by atoms with E-state index in [9.17, 15) is 4.79 Å². The molecule has 0 saturated carbocycles. The molecule has 2 heteroatoms. The molecule has 1 aromatic heterocycles. The van der Waals surface area contributed by atoms with Gasteiger partial charge >= 0.3 is 0 Å². The molecule has 19 heavy (non-hydrogen) atoms. The summed E-state index contributed by atoms with van der Waals surface area (Å²) < 4.78 is 0. The van der Waals surface area contributed by atoms with E-state index in [2.05, 4.69) is 45.0 Å². The third kappa shape index (κ3) is 3.54. The number of thiophene rings is 1. The Hall–Kier alpha value is -1.41. The van der Waals surface area contributed by atoms with Crippen LogP contribution in [0.25, 0.3) is 0 Å². The highest BCUT2D eigenvalue weighted by Crippen LogP contribution is 2.23. The highest BCUT2D eigenvalue weighted by Gasteiger charge is 2.14. The van der Waals surface area contributed by atoms with Gasteiger partial charge < -0.3 is 0 Å². The fraction of sp³-hybridized carbons (Fsp3) is 0.353. The second-order valence-electron chi connectivity index (χ2n) is 5.96. The summed E-state index contributed by atoms with van der Waals surface area (Å²) in [5, 5.41) is 0. The molecule has 2 aromatic rings. The Bertz CT molecular complexity index is 570. The minimum Gasteiger partial charge on any atom is -0.293 e. The van der Waals surface area contributed by atoms with E-state index in [0.717, 1.165) is 10.4 Å². The number of rotatable bonds is 3. The zero-order chi connectivity index (χ0) is 14.0. The van der Waals surface area contributed by atoms with Crippen LogP contribution in [0.5, 0.6) is 0 Å². The van der Waals surface area contributed by atoms with Crippen LogP contribution in [0.15, 0.2) is 36.4 Å². The van der Waals surface area contributed by atoms with Crippen molar-refractivity contribution in [3.8, 4) is 0 Å². The van der Waals surface area contributed by atoms with Crippen LogP contribution in [0.2, 0.25) is 0 Å². The summed E-state index contributed by atoms with van der Waals surface area (Å²) in [6, 6.07) is 12.3. The molecule has 1 aromatic carbocycles. The van der Waals surface area contributed by atoms with E-state index in [1.54, 1.807) is 11.3 Å². The van der Waals surface area contributed by atoms with Crippen molar-refractivity contribution in [1.29, 1.82) is 0 Å².